The molecular formula is C14H25N3O3S. The van der Waals surface area contributed by atoms with Crippen molar-refractivity contribution in [1.29, 1.82) is 0 Å². The maximum Gasteiger partial charge on any atom is 0.240 e. The van der Waals surface area contributed by atoms with Crippen molar-refractivity contribution in [3.63, 3.8) is 0 Å². The highest BCUT2D eigenvalue weighted by Crippen LogP contribution is 2.27. The van der Waals surface area contributed by atoms with Crippen LogP contribution < -0.4 is 0 Å². The topological polar surface area (TPSA) is 76.3 Å². The van der Waals surface area contributed by atoms with Crippen molar-refractivity contribution in [3.05, 3.63) is 11.7 Å². The summed E-state index contributed by atoms with van der Waals surface area (Å²) in [5.41, 5.74) is 0. The van der Waals surface area contributed by atoms with Crippen molar-refractivity contribution < 1.29 is 12.9 Å². The summed E-state index contributed by atoms with van der Waals surface area (Å²) in [7, 11) is -3.12. The Hall–Kier alpha value is -0.950. The second kappa shape index (κ2) is 6.87. The standard InChI is InChI=1S/C14H25N3O3S/c1-4-6-12-11(2)7-5-8-17(12)9-14-15-13(16-20-14)10-21(3,18)19/h11-12H,4-10H2,1-3H3/t11-,12+/m1/s1. The minimum absolute atomic E-state index is 0.161. The Morgan fingerprint density at radius 1 is 1.43 bits per heavy atom. The van der Waals surface area contributed by atoms with Crippen LogP contribution >= 0.6 is 0 Å². The maximum atomic E-state index is 11.2. The molecule has 0 N–H and O–H groups in total. The first-order chi connectivity index (χ1) is 9.89. The van der Waals surface area contributed by atoms with Crippen LogP contribution in [-0.2, 0) is 22.1 Å². The van der Waals surface area contributed by atoms with Gasteiger partial charge >= 0.3 is 0 Å². The normalized spacial score (nSPS) is 24.3. The zero-order valence-electron chi connectivity index (χ0n) is 13.1. The zero-order valence-corrected chi connectivity index (χ0v) is 13.9. The molecule has 0 spiro atoms. The molecule has 0 amide bonds. The average Bonchev–Trinajstić information content (AvgIpc) is 2.78. The van der Waals surface area contributed by atoms with Gasteiger partial charge in [-0.25, -0.2) is 8.42 Å². The molecule has 0 aliphatic carbocycles. The lowest BCUT2D eigenvalue weighted by Gasteiger charge is -2.39. The molecule has 0 unspecified atom stereocenters. The molecule has 1 aliphatic rings. The fraction of sp³-hybridized carbons (Fsp3) is 0.857. The Morgan fingerprint density at radius 3 is 2.86 bits per heavy atom. The van der Waals surface area contributed by atoms with E-state index in [0.29, 0.717) is 24.4 Å². The van der Waals surface area contributed by atoms with Gasteiger partial charge in [-0.05, 0) is 31.7 Å². The highest BCUT2D eigenvalue weighted by molar-refractivity contribution is 7.89. The van der Waals surface area contributed by atoms with E-state index in [-0.39, 0.29) is 11.6 Å². The predicted octanol–water partition coefficient (Wildman–Crippen LogP) is 2.01. The second-order valence-electron chi connectivity index (χ2n) is 6.12. The molecule has 0 bridgehead atoms. The molecule has 120 valence electrons. The number of sulfone groups is 1. The first-order valence-corrected chi connectivity index (χ1v) is 9.68. The van der Waals surface area contributed by atoms with E-state index in [4.69, 9.17) is 4.52 Å². The summed E-state index contributed by atoms with van der Waals surface area (Å²) in [6.45, 7) is 6.16. The molecule has 0 saturated carbocycles. The summed E-state index contributed by atoms with van der Waals surface area (Å²) in [6, 6.07) is 0.550. The fourth-order valence-electron chi connectivity index (χ4n) is 3.11. The third-order valence-electron chi connectivity index (χ3n) is 4.05. The Bertz CT molecular complexity index is 556. The van der Waals surface area contributed by atoms with Crippen LogP contribution in [0.3, 0.4) is 0 Å². The quantitative estimate of drug-likeness (QED) is 0.799. The minimum Gasteiger partial charge on any atom is -0.338 e. The van der Waals surface area contributed by atoms with Crippen LogP contribution in [0.2, 0.25) is 0 Å². The molecule has 0 radical (unpaired) electrons. The molecular weight excluding hydrogens is 290 g/mol. The molecule has 1 aliphatic heterocycles. The van der Waals surface area contributed by atoms with Crippen molar-refractivity contribution in [1.82, 2.24) is 15.0 Å². The molecule has 21 heavy (non-hydrogen) atoms. The summed E-state index contributed by atoms with van der Waals surface area (Å²) in [5, 5.41) is 3.77. The van der Waals surface area contributed by atoms with Crippen LogP contribution in [0.15, 0.2) is 4.52 Å². The highest BCUT2D eigenvalue weighted by atomic mass is 32.2. The van der Waals surface area contributed by atoms with Gasteiger partial charge in [0.15, 0.2) is 15.7 Å². The van der Waals surface area contributed by atoms with Crippen LogP contribution in [0, 0.1) is 5.92 Å². The van der Waals surface area contributed by atoms with E-state index in [2.05, 4.69) is 28.9 Å². The Kier molecular flexibility index (Phi) is 5.37. The minimum atomic E-state index is -3.12. The molecule has 1 saturated heterocycles. The summed E-state index contributed by atoms with van der Waals surface area (Å²) in [5.74, 6) is 1.29. The van der Waals surface area contributed by atoms with E-state index in [1.807, 2.05) is 0 Å². The predicted molar refractivity (Wildman–Crippen MR) is 80.3 cm³/mol. The first-order valence-electron chi connectivity index (χ1n) is 7.62. The van der Waals surface area contributed by atoms with Gasteiger partial charge in [0.25, 0.3) is 0 Å². The fourth-order valence-corrected chi connectivity index (χ4v) is 3.70. The van der Waals surface area contributed by atoms with Crippen LogP contribution in [0.25, 0.3) is 0 Å². The van der Waals surface area contributed by atoms with Crippen molar-refractivity contribution in [2.45, 2.75) is 57.9 Å². The van der Waals surface area contributed by atoms with E-state index in [0.717, 1.165) is 13.0 Å². The molecule has 1 aromatic rings. The van der Waals surface area contributed by atoms with E-state index in [9.17, 15) is 8.42 Å². The molecule has 0 aromatic carbocycles. The average molecular weight is 315 g/mol. The van der Waals surface area contributed by atoms with Gasteiger partial charge < -0.3 is 4.52 Å². The molecule has 1 aromatic heterocycles. The molecule has 1 fully saturated rings. The van der Waals surface area contributed by atoms with Crippen LogP contribution in [-0.4, -0.2) is 42.3 Å². The van der Waals surface area contributed by atoms with E-state index in [1.165, 1.54) is 25.5 Å². The first kappa shape index (κ1) is 16.4. The van der Waals surface area contributed by atoms with Crippen molar-refractivity contribution in [3.8, 4) is 0 Å². The zero-order chi connectivity index (χ0) is 15.5. The van der Waals surface area contributed by atoms with Crippen molar-refractivity contribution in [2.75, 3.05) is 12.8 Å². The van der Waals surface area contributed by atoms with Gasteiger partial charge in [0, 0.05) is 12.3 Å². The lowest BCUT2D eigenvalue weighted by molar-refractivity contribution is 0.0756. The van der Waals surface area contributed by atoms with Gasteiger partial charge in [-0.3, -0.25) is 4.90 Å². The summed E-state index contributed by atoms with van der Waals surface area (Å²) in [4.78, 5) is 6.61. The Morgan fingerprint density at radius 2 is 2.19 bits per heavy atom. The lowest BCUT2D eigenvalue weighted by Crippen LogP contribution is -2.43. The van der Waals surface area contributed by atoms with Gasteiger partial charge in [0.2, 0.25) is 5.89 Å². The summed E-state index contributed by atoms with van der Waals surface area (Å²) < 4.78 is 27.7. The van der Waals surface area contributed by atoms with Crippen molar-refractivity contribution in [2.24, 2.45) is 5.92 Å². The van der Waals surface area contributed by atoms with Gasteiger partial charge in [-0.1, -0.05) is 25.4 Å². The van der Waals surface area contributed by atoms with E-state index < -0.39 is 9.84 Å². The third kappa shape index (κ3) is 4.78. The third-order valence-corrected chi connectivity index (χ3v) is 4.84. The monoisotopic (exact) mass is 315 g/mol. The molecule has 2 rings (SSSR count). The lowest BCUT2D eigenvalue weighted by atomic mass is 9.88. The number of hydrogen-bond donors (Lipinski definition) is 0. The summed E-state index contributed by atoms with van der Waals surface area (Å²) >= 11 is 0. The van der Waals surface area contributed by atoms with Gasteiger partial charge in [-0.15, -0.1) is 0 Å². The molecule has 6 nitrogen and oxygen atoms in total. The number of nitrogens with zero attached hydrogens (tertiary/aromatic N) is 3. The number of likely N-dealkylation sites (tertiary alicyclic amines) is 1. The largest absolute Gasteiger partial charge is 0.338 e. The van der Waals surface area contributed by atoms with E-state index >= 15 is 0 Å². The molecule has 2 heterocycles. The molecule has 2 atom stereocenters. The number of hydrogen-bond acceptors (Lipinski definition) is 6. The Balaban J connectivity index is 2.02. The second-order valence-corrected chi connectivity index (χ2v) is 8.26. The molecule has 7 heteroatoms. The SMILES string of the molecule is CCC[C@H]1[C@H](C)CCCN1Cc1nc(CS(C)(=O)=O)no1. The number of aromatic nitrogens is 2. The van der Waals surface area contributed by atoms with Crippen LogP contribution in [0.4, 0.5) is 0 Å². The maximum absolute atomic E-state index is 11.2. The Labute approximate surface area is 126 Å². The van der Waals surface area contributed by atoms with Crippen molar-refractivity contribution >= 4 is 9.84 Å². The highest BCUT2D eigenvalue weighted by Gasteiger charge is 2.29. The van der Waals surface area contributed by atoms with E-state index in [1.54, 1.807) is 0 Å². The van der Waals surface area contributed by atoms with Gasteiger partial charge in [-0.2, -0.15) is 4.98 Å². The number of rotatable bonds is 6. The van der Waals surface area contributed by atoms with Gasteiger partial charge in [0.05, 0.1) is 6.54 Å². The summed E-state index contributed by atoms with van der Waals surface area (Å²) in [6.07, 6.45) is 5.96. The van der Waals surface area contributed by atoms with Crippen LogP contribution in [0.1, 0.15) is 51.2 Å². The number of piperidine rings is 1. The van der Waals surface area contributed by atoms with Gasteiger partial charge in [0.1, 0.15) is 5.75 Å². The smallest absolute Gasteiger partial charge is 0.240 e. The van der Waals surface area contributed by atoms with Crippen LogP contribution in [0.5, 0.6) is 0 Å².